The molecule has 4 heteroatoms. The zero-order chi connectivity index (χ0) is 29.0. The van der Waals surface area contributed by atoms with Crippen LogP contribution >= 0.6 is 0 Å². The molecule has 3 aromatic heterocycles. The Morgan fingerprint density at radius 1 is 0.341 bits per heavy atom. The van der Waals surface area contributed by atoms with Crippen LogP contribution in [0.2, 0.25) is 0 Å². The van der Waals surface area contributed by atoms with Gasteiger partial charge in [0.2, 0.25) is 5.95 Å². The molecule has 0 N–H and O–H groups in total. The highest BCUT2D eigenvalue weighted by molar-refractivity contribution is 6.28. The minimum absolute atomic E-state index is 0.659. The molecule has 0 fully saturated rings. The minimum atomic E-state index is 0.659. The largest absolute Gasteiger partial charge is 0.309 e. The smallest absolute Gasteiger partial charge is 0.234 e. The molecule has 0 amide bonds. The van der Waals surface area contributed by atoms with Gasteiger partial charge in [-0.2, -0.15) is 0 Å². The average molecular weight is 563 g/mol. The lowest BCUT2D eigenvalue weighted by Crippen LogP contribution is -2.00. The summed E-state index contributed by atoms with van der Waals surface area (Å²) in [7, 11) is 0. The molecule has 206 valence electrons. The molecule has 0 spiro atoms. The molecular weight excluding hydrogens is 536 g/mol. The topological polar surface area (TPSA) is 35.6 Å². The summed E-state index contributed by atoms with van der Waals surface area (Å²) < 4.78 is 4.56. The van der Waals surface area contributed by atoms with Gasteiger partial charge in [-0.25, -0.2) is 9.97 Å². The van der Waals surface area contributed by atoms with Crippen molar-refractivity contribution >= 4 is 43.6 Å². The van der Waals surface area contributed by atoms with Crippen molar-refractivity contribution in [3.8, 4) is 33.9 Å². The fourth-order valence-electron chi connectivity index (χ4n) is 6.66. The average Bonchev–Trinajstić information content (AvgIpc) is 3.62. The van der Waals surface area contributed by atoms with Crippen LogP contribution in [-0.4, -0.2) is 19.1 Å². The highest BCUT2D eigenvalue weighted by atomic mass is 15.1. The summed E-state index contributed by atoms with van der Waals surface area (Å²) in [5.41, 5.74) is 10.2. The van der Waals surface area contributed by atoms with Gasteiger partial charge in [0.25, 0.3) is 0 Å². The van der Waals surface area contributed by atoms with Gasteiger partial charge in [-0.1, -0.05) is 109 Å². The molecular formula is C40H26N4. The van der Waals surface area contributed by atoms with E-state index in [0.29, 0.717) is 5.95 Å². The zero-order valence-corrected chi connectivity index (χ0v) is 23.8. The summed E-state index contributed by atoms with van der Waals surface area (Å²) in [6.07, 6.45) is 3.86. The number of fused-ring (bicyclic) bond motifs is 7. The van der Waals surface area contributed by atoms with Crippen LogP contribution in [0.25, 0.3) is 77.5 Å². The van der Waals surface area contributed by atoms with Crippen molar-refractivity contribution < 1.29 is 0 Å². The first kappa shape index (κ1) is 24.6. The summed E-state index contributed by atoms with van der Waals surface area (Å²) >= 11 is 0. The number of para-hydroxylation sites is 3. The van der Waals surface area contributed by atoms with Crippen molar-refractivity contribution in [3.05, 3.63) is 158 Å². The second-order valence-corrected chi connectivity index (χ2v) is 11.1. The number of hydrogen-bond donors (Lipinski definition) is 0. The first-order valence-corrected chi connectivity index (χ1v) is 14.8. The number of benzene rings is 6. The summed E-state index contributed by atoms with van der Waals surface area (Å²) in [6.45, 7) is 0. The van der Waals surface area contributed by atoms with E-state index >= 15 is 0 Å². The molecule has 0 saturated heterocycles. The molecule has 44 heavy (non-hydrogen) atoms. The zero-order valence-electron chi connectivity index (χ0n) is 23.8. The molecule has 0 bridgehead atoms. The van der Waals surface area contributed by atoms with Crippen LogP contribution in [-0.2, 0) is 0 Å². The third kappa shape index (κ3) is 3.71. The standard InChI is InChI=1S/C40H26N4/c1-3-11-27(12-4-1)28-19-21-29(22-20-28)30-25-41-40(42-26-30)44-35-18-10-8-16-33(35)39-37(44)24-23-36-38(39)32-15-7-9-17-34(32)43(36)31-13-5-2-6-14-31/h1-26H. The maximum Gasteiger partial charge on any atom is 0.234 e. The van der Waals surface area contributed by atoms with Crippen LogP contribution in [0, 0.1) is 0 Å². The van der Waals surface area contributed by atoms with Crippen molar-refractivity contribution in [3.63, 3.8) is 0 Å². The molecule has 0 radical (unpaired) electrons. The number of aromatic nitrogens is 4. The van der Waals surface area contributed by atoms with E-state index in [1.807, 2.05) is 18.5 Å². The van der Waals surface area contributed by atoms with Gasteiger partial charge in [0.05, 0.1) is 22.1 Å². The maximum atomic E-state index is 4.92. The lowest BCUT2D eigenvalue weighted by molar-refractivity contribution is 0.990. The summed E-state index contributed by atoms with van der Waals surface area (Å²) in [4.78, 5) is 9.84. The second kappa shape index (κ2) is 9.79. The first-order valence-electron chi connectivity index (χ1n) is 14.8. The van der Waals surface area contributed by atoms with Crippen LogP contribution < -0.4 is 0 Å². The Morgan fingerprint density at radius 3 is 1.41 bits per heavy atom. The van der Waals surface area contributed by atoms with E-state index < -0.39 is 0 Å². The Labute approximate surface area is 254 Å². The van der Waals surface area contributed by atoms with Crippen LogP contribution in [0.1, 0.15) is 0 Å². The van der Waals surface area contributed by atoms with Gasteiger partial charge in [-0.05, 0) is 53.1 Å². The summed E-state index contributed by atoms with van der Waals surface area (Å²) in [6, 6.07) is 51.3. The van der Waals surface area contributed by atoms with E-state index in [0.717, 1.165) is 27.8 Å². The van der Waals surface area contributed by atoms with Crippen molar-refractivity contribution in [1.82, 2.24) is 19.1 Å². The molecule has 0 aliphatic rings. The summed E-state index contributed by atoms with van der Waals surface area (Å²) in [5.74, 6) is 0.659. The van der Waals surface area contributed by atoms with Crippen LogP contribution in [0.3, 0.4) is 0 Å². The lowest BCUT2D eigenvalue weighted by atomic mass is 10.0. The third-order valence-electron chi connectivity index (χ3n) is 8.65. The van der Waals surface area contributed by atoms with Crippen molar-refractivity contribution in [1.29, 1.82) is 0 Å². The van der Waals surface area contributed by atoms with Gasteiger partial charge in [-0.3, -0.25) is 4.57 Å². The molecule has 0 unspecified atom stereocenters. The van der Waals surface area contributed by atoms with E-state index in [-0.39, 0.29) is 0 Å². The molecule has 9 aromatic rings. The normalized spacial score (nSPS) is 11.6. The fraction of sp³-hybridized carbons (Fsp3) is 0. The van der Waals surface area contributed by atoms with Crippen LogP contribution in [0.5, 0.6) is 0 Å². The van der Waals surface area contributed by atoms with Gasteiger partial charge >= 0.3 is 0 Å². The molecule has 0 atom stereocenters. The molecule has 0 aliphatic carbocycles. The van der Waals surface area contributed by atoms with E-state index in [2.05, 4.69) is 149 Å². The minimum Gasteiger partial charge on any atom is -0.309 e. The molecule has 4 nitrogen and oxygen atoms in total. The highest BCUT2D eigenvalue weighted by Gasteiger charge is 2.21. The van der Waals surface area contributed by atoms with Gasteiger partial charge in [0, 0.05) is 45.2 Å². The van der Waals surface area contributed by atoms with Crippen LogP contribution in [0.15, 0.2) is 158 Å². The Balaban J connectivity index is 1.22. The Hall–Kier alpha value is -6.00. The van der Waals surface area contributed by atoms with Crippen molar-refractivity contribution in [2.24, 2.45) is 0 Å². The predicted octanol–water partition coefficient (Wildman–Crippen LogP) is 10.0. The Morgan fingerprint density at radius 2 is 0.795 bits per heavy atom. The maximum absolute atomic E-state index is 4.92. The van der Waals surface area contributed by atoms with Gasteiger partial charge < -0.3 is 4.57 Å². The van der Waals surface area contributed by atoms with Gasteiger partial charge in [-0.15, -0.1) is 0 Å². The quantitative estimate of drug-likeness (QED) is 0.214. The van der Waals surface area contributed by atoms with Gasteiger partial charge in [0.1, 0.15) is 0 Å². The Kier molecular flexibility index (Phi) is 5.47. The number of rotatable bonds is 4. The molecule has 6 aromatic carbocycles. The summed E-state index contributed by atoms with van der Waals surface area (Å²) in [5, 5.41) is 4.88. The molecule has 3 heterocycles. The van der Waals surface area contributed by atoms with E-state index in [4.69, 9.17) is 9.97 Å². The number of nitrogens with zero attached hydrogens (tertiary/aromatic N) is 4. The van der Waals surface area contributed by atoms with Crippen molar-refractivity contribution in [2.75, 3.05) is 0 Å². The highest BCUT2D eigenvalue weighted by Crippen LogP contribution is 2.41. The molecule has 0 aliphatic heterocycles. The SMILES string of the molecule is c1ccc(-c2ccc(-c3cnc(-n4c5ccccc5c5c6c7ccccc7n(-c7ccccc7)c6ccc54)nc3)cc2)cc1. The van der Waals surface area contributed by atoms with Crippen LogP contribution in [0.4, 0.5) is 0 Å². The fourth-order valence-corrected chi connectivity index (χ4v) is 6.66. The monoisotopic (exact) mass is 562 g/mol. The first-order chi connectivity index (χ1) is 21.8. The van der Waals surface area contributed by atoms with Crippen molar-refractivity contribution in [2.45, 2.75) is 0 Å². The van der Waals surface area contributed by atoms with E-state index in [9.17, 15) is 0 Å². The lowest BCUT2D eigenvalue weighted by Gasteiger charge is -2.09. The second-order valence-electron chi connectivity index (χ2n) is 11.1. The van der Waals surface area contributed by atoms with Gasteiger partial charge in [0.15, 0.2) is 0 Å². The predicted molar refractivity (Wildman–Crippen MR) is 182 cm³/mol. The third-order valence-corrected chi connectivity index (χ3v) is 8.65. The molecule has 0 saturated carbocycles. The van der Waals surface area contributed by atoms with E-state index in [1.165, 1.54) is 43.7 Å². The van der Waals surface area contributed by atoms with E-state index in [1.54, 1.807) is 0 Å². The number of hydrogen-bond acceptors (Lipinski definition) is 2. The Bertz CT molecular complexity index is 2450. The molecule has 9 rings (SSSR count).